The highest BCUT2D eigenvalue weighted by Gasteiger charge is 2.31. The van der Waals surface area contributed by atoms with Crippen molar-refractivity contribution < 1.29 is 9.90 Å². The summed E-state index contributed by atoms with van der Waals surface area (Å²) < 4.78 is 1.11. The Morgan fingerprint density at radius 3 is 2.76 bits per heavy atom. The van der Waals surface area contributed by atoms with Crippen LogP contribution in [0.4, 0.5) is 5.69 Å². The fourth-order valence-corrected chi connectivity index (χ4v) is 5.80. The molecule has 0 spiro atoms. The zero-order chi connectivity index (χ0) is 20.6. The minimum Gasteiger partial charge on any atom is -0.388 e. The van der Waals surface area contributed by atoms with E-state index in [9.17, 15) is 9.90 Å². The van der Waals surface area contributed by atoms with Crippen LogP contribution < -0.4 is 4.90 Å². The van der Waals surface area contributed by atoms with Crippen LogP contribution >= 0.6 is 23.1 Å². The number of aliphatic hydroxyl groups is 1. The summed E-state index contributed by atoms with van der Waals surface area (Å²) in [5.74, 6) is 1.17. The van der Waals surface area contributed by atoms with Crippen LogP contribution in [-0.4, -0.2) is 27.8 Å². The van der Waals surface area contributed by atoms with Gasteiger partial charge in [-0.3, -0.25) is 4.79 Å². The molecule has 0 radical (unpaired) electrons. The van der Waals surface area contributed by atoms with Gasteiger partial charge in [-0.05, 0) is 43.9 Å². The zero-order valence-corrected chi connectivity index (χ0v) is 19.1. The summed E-state index contributed by atoms with van der Waals surface area (Å²) in [6.07, 6.45) is 7.56. The molecule has 1 aliphatic heterocycles. The van der Waals surface area contributed by atoms with Gasteiger partial charge in [-0.1, -0.05) is 56.5 Å². The molecule has 29 heavy (non-hydrogen) atoms. The second kappa shape index (κ2) is 11.1. The zero-order valence-electron chi connectivity index (χ0n) is 17.5. The number of unbranched alkanes of at least 4 members (excludes halogenated alkanes) is 3. The van der Waals surface area contributed by atoms with Crippen LogP contribution in [0, 0.1) is 6.92 Å². The third-order valence-corrected chi connectivity index (χ3v) is 7.66. The first-order valence-electron chi connectivity index (χ1n) is 10.7. The molecule has 1 aromatic heterocycles. The number of aliphatic hydroxyl groups excluding tert-OH is 1. The molecule has 1 fully saturated rings. The quantitative estimate of drug-likeness (QED) is 0.343. The van der Waals surface area contributed by atoms with E-state index in [4.69, 9.17) is 0 Å². The van der Waals surface area contributed by atoms with Crippen molar-refractivity contribution in [1.82, 2.24) is 4.98 Å². The van der Waals surface area contributed by atoms with Gasteiger partial charge in [0.05, 0.1) is 6.10 Å². The predicted molar refractivity (Wildman–Crippen MR) is 123 cm³/mol. The topological polar surface area (TPSA) is 53.4 Å². The van der Waals surface area contributed by atoms with Gasteiger partial charge in [-0.2, -0.15) is 0 Å². The Hall–Kier alpha value is -1.37. The summed E-state index contributed by atoms with van der Waals surface area (Å²) in [5, 5.41) is 12.5. The van der Waals surface area contributed by atoms with Gasteiger partial charge >= 0.3 is 0 Å². The first-order chi connectivity index (χ1) is 14.1. The first-order valence-corrected chi connectivity index (χ1v) is 12.6. The molecule has 1 aliphatic rings. The van der Waals surface area contributed by atoms with Gasteiger partial charge in [0.2, 0.25) is 5.91 Å². The van der Waals surface area contributed by atoms with E-state index in [0.717, 1.165) is 52.7 Å². The van der Waals surface area contributed by atoms with E-state index in [1.807, 2.05) is 36.1 Å². The average molecular weight is 433 g/mol. The Morgan fingerprint density at radius 1 is 1.28 bits per heavy atom. The van der Waals surface area contributed by atoms with Gasteiger partial charge in [-0.25, -0.2) is 4.98 Å². The van der Waals surface area contributed by atoms with Crippen molar-refractivity contribution >= 4 is 34.7 Å². The van der Waals surface area contributed by atoms with Crippen LogP contribution in [0.3, 0.4) is 0 Å². The average Bonchev–Trinajstić information content (AvgIpc) is 3.30. The number of amides is 1. The highest BCUT2D eigenvalue weighted by Crippen LogP contribution is 2.32. The molecule has 3 rings (SSSR count). The van der Waals surface area contributed by atoms with Crippen molar-refractivity contribution in [2.24, 2.45) is 0 Å². The van der Waals surface area contributed by atoms with E-state index in [-0.39, 0.29) is 11.9 Å². The van der Waals surface area contributed by atoms with Gasteiger partial charge in [0.15, 0.2) is 0 Å². The van der Waals surface area contributed by atoms with Crippen molar-refractivity contribution in [2.75, 3.05) is 10.7 Å². The maximum Gasteiger partial charge on any atom is 0.227 e. The standard InChI is InChI=1S/C23H32N2O2S2/c1-3-4-5-6-7-21(26)18-8-10-19(11-9-18)25-20(12-13-22(25)27)14-15-28-23-24-17(2)16-29-23/h8-11,16,20-21,26H,3-7,12-15H2,1-2H3/t20-,21?/m1/s1. The molecule has 158 valence electrons. The SMILES string of the molecule is CCCCCCC(O)c1ccc(N2C(=O)CC[C@@H]2CCSc2nc(C)cs2)cc1. The molecular formula is C23H32N2O2S2. The van der Waals surface area contributed by atoms with Crippen molar-refractivity contribution in [3.63, 3.8) is 0 Å². The minimum atomic E-state index is -0.413. The Kier molecular flexibility index (Phi) is 8.57. The van der Waals surface area contributed by atoms with E-state index in [2.05, 4.69) is 17.3 Å². The Balaban J connectivity index is 1.54. The monoisotopic (exact) mass is 432 g/mol. The lowest BCUT2D eigenvalue weighted by Crippen LogP contribution is -2.33. The smallest absolute Gasteiger partial charge is 0.227 e. The number of hydrogen-bond donors (Lipinski definition) is 1. The van der Waals surface area contributed by atoms with Gasteiger partial charge in [0, 0.05) is 35.0 Å². The summed E-state index contributed by atoms with van der Waals surface area (Å²) in [6, 6.07) is 8.21. The third-order valence-electron chi connectivity index (χ3n) is 5.49. The molecular weight excluding hydrogens is 400 g/mol. The molecule has 1 saturated heterocycles. The molecule has 1 unspecified atom stereocenters. The lowest BCUT2D eigenvalue weighted by molar-refractivity contribution is -0.117. The summed E-state index contributed by atoms with van der Waals surface area (Å²) >= 11 is 3.47. The number of aryl methyl sites for hydroxylation is 1. The Bertz CT molecular complexity index is 775. The Labute approximate surface area is 182 Å². The second-order valence-electron chi connectivity index (χ2n) is 7.80. The van der Waals surface area contributed by atoms with Gasteiger partial charge in [-0.15, -0.1) is 11.3 Å². The van der Waals surface area contributed by atoms with Crippen LogP contribution in [0.5, 0.6) is 0 Å². The van der Waals surface area contributed by atoms with Crippen LogP contribution in [-0.2, 0) is 4.79 Å². The minimum absolute atomic E-state index is 0.206. The number of thiazole rings is 1. The second-order valence-corrected chi connectivity index (χ2v) is 10.0. The Morgan fingerprint density at radius 2 is 2.07 bits per heavy atom. The van der Waals surface area contributed by atoms with Crippen molar-refractivity contribution in [3.8, 4) is 0 Å². The molecule has 1 aromatic carbocycles. The number of carbonyl (C=O) groups is 1. The summed E-state index contributed by atoms with van der Waals surface area (Å²) in [6.45, 7) is 4.21. The van der Waals surface area contributed by atoms with Crippen molar-refractivity contribution in [2.45, 2.75) is 81.7 Å². The molecule has 2 atom stereocenters. The number of carbonyl (C=O) groups excluding carboxylic acids is 1. The highest BCUT2D eigenvalue weighted by molar-refractivity contribution is 8.01. The number of benzene rings is 1. The van der Waals surface area contributed by atoms with Crippen LogP contribution in [0.25, 0.3) is 0 Å². The van der Waals surface area contributed by atoms with Gasteiger partial charge in [0.25, 0.3) is 0 Å². The first kappa shape index (κ1) is 22.3. The lowest BCUT2D eigenvalue weighted by Gasteiger charge is -2.25. The van der Waals surface area contributed by atoms with E-state index in [0.29, 0.717) is 6.42 Å². The van der Waals surface area contributed by atoms with Crippen LogP contribution in [0.2, 0.25) is 0 Å². The number of anilines is 1. The molecule has 2 aromatic rings. The molecule has 1 N–H and O–H groups in total. The summed E-state index contributed by atoms with van der Waals surface area (Å²) in [4.78, 5) is 19.0. The largest absolute Gasteiger partial charge is 0.388 e. The lowest BCUT2D eigenvalue weighted by atomic mass is 10.0. The van der Waals surface area contributed by atoms with Crippen LogP contribution in [0.15, 0.2) is 34.0 Å². The number of rotatable bonds is 11. The summed E-state index contributed by atoms with van der Waals surface area (Å²) in [5.41, 5.74) is 2.97. The molecule has 2 heterocycles. The number of hydrogen-bond acceptors (Lipinski definition) is 5. The maximum atomic E-state index is 12.5. The van der Waals surface area contributed by atoms with Gasteiger partial charge in [0.1, 0.15) is 4.34 Å². The summed E-state index contributed by atoms with van der Waals surface area (Å²) in [7, 11) is 0. The fraction of sp³-hybridized carbons (Fsp3) is 0.565. The number of nitrogens with zero attached hydrogens (tertiary/aromatic N) is 2. The molecule has 0 saturated carbocycles. The number of aromatic nitrogens is 1. The third kappa shape index (κ3) is 6.30. The molecule has 6 heteroatoms. The normalized spacial score (nSPS) is 17.8. The molecule has 4 nitrogen and oxygen atoms in total. The fourth-order valence-electron chi connectivity index (χ4n) is 3.84. The van der Waals surface area contributed by atoms with E-state index in [1.165, 1.54) is 19.3 Å². The number of thioether (sulfide) groups is 1. The molecule has 1 amide bonds. The van der Waals surface area contributed by atoms with Gasteiger partial charge < -0.3 is 10.0 Å². The van der Waals surface area contributed by atoms with Crippen LogP contribution in [0.1, 0.15) is 75.7 Å². The van der Waals surface area contributed by atoms with E-state index >= 15 is 0 Å². The predicted octanol–water partition coefficient (Wildman–Crippen LogP) is 6.13. The van der Waals surface area contributed by atoms with E-state index < -0.39 is 6.10 Å². The molecule has 0 aliphatic carbocycles. The maximum absolute atomic E-state index is 12.5. The highest BCUT2D eigenvalue weighted by atomic mass is 32.2. The molecule has 0 bridgehead atoms. The van der Waals surface area contributed by atoms with Crippen molar-refractivity contribution in [1.29, 1.82) is 0 Å². The van der Waals surface area contributed by atoms with Crippen molar-refractivity contribution in [3.05, 3.63) is 40.9 Å². The van der Waals surface area contributed by atoms with E-state index in [1.54, 1.807) is 23.1 Å².